The van der Waals surface area contributed by atoms with E-state index in [9.17, 15) is 33.0 Å². The average Bonchev–Trinajstić information content (AvgIpc) is 3.80. The molecule has 0 spiro atoms. The molecule has 2 aliphatic rings. The first-order valence-electron chi connectivity index (χ1n) is 21.1. The van der Waals surface area contributed by atoms with Crippen molar-refractivity contribution in [3.63, 3.8) is 0 Å². The van der Waals surface area contributed by atoms with E-state index in [1.54, 1.807) is 23.6 Å². The Bertz CT molecular complexity index is 2760. The van der Waals surface area contributed by atoms with Crippen molar-refractivity contribution in [2.75, 3.05) is 11.4 Å². The number of nitrogens with two attached hydrogens (primary N) is 1. The summed E-state index contributed by atoms with van der Waals surface area (Å²) < 4.78 is 37.7. The standard InChI is InChI=1S/C29H21N4O4.C21H24F3N3S.CNS.Ru/c34-28(35)19-11-13-30-24(15-19)26-16-20(29(36)37)17-27(32-26)25-18-23(12-14-31-25)33(21-7-3-1-4-8-21)22-9-5-2-6-10-22;1-2-3-4-5-6-16-10-12-28-19(16)8-7-15-9-11-27-18(13-15)17(25)14-20(26)21(22,23)24;2-1-3;/h1-18,25H,(H,34,35)(H,36,37);9-10,12-14,20,25H,2-6,11,26H2,1H3;;/q-1;-2;-1;+3/b;17-14-;;. The molecule has 2 aromatic carbocycles. The first-order valence-corrected chi connectivity index (χ1v) is 22.4. The van der Waals surface area contributed by atoms with Crippen molar-refractivity contribution in [3.05, 3.63) is 211 Å². The summed E-state index contributed by atoms with van der Waals surface area (Å²) in [6.07, 6.45) is 12.0. The molecule has 0 fully saturated rings. The van der Waals surface area contributed by atoms with E-state index >= 15 is 0 Å². The Morgan fingerprint density at radius 2 is 1.64 bits per heavy atom. The molecule has 69 heavy (non-hydrogen) atoms. The van der Waals surface area contributed by atoms with Gasteiger partial charge in [-0.15, -0.1) is 17.9 Å². The van der Waals surface area contributed by atoms with Crippen LogP contribution in [0.25, 0.3) is 33.2 Å². The number of aromatic carboxylic acids is 2. The number of rotatable bonds is 14. The Morgan fingerprint density at radius 1 is 0.986 bits per heavy atom. The Kier molecular flexibility index (Phi) is 21.5. The number of halogens is 3. The number of hydrogen-bond acceptors (Lipinski definition) is 8. The molecule has 2 unspecified atom stereocenters. The molecule has 7 rings (SSSR count). The number of nitrogens with one attached hydrogen (secondary N) is 1. The van der Waals surface area contributed by atoms with E-state index in [0.29, 0.717) is 17.3 Å². The molecule has 2 aliphatic heterocycles. The van der Waals surface area contributed by atoms with E-state index in [0.717, 1.165) is 34.8 Å². The number of carboxylic acids is 2. The van der Waals surface area contributed by atoms with Crippen LogP contribution in [0.5, 0.6) is 0 Å². The zero-order valence-electron chi connectivity index (χ0n) is 37.0. The van der Waals surface area contributed by atoms with Gasteiger partial charge in [0, 0.05) is 34.5 Å². The number of unbranched alkanes of at least 4 members (excludes halogenated alkanes) is 3. The molecule has 0 aliphatic carbocycles. The van der Waals surface area contributed by atoms with Gasteiger partial charge in [0.1, 0.15) is 6.04 Å². The molecule has 355 valence electrons. The summed E-state index contributed by atoms with van der Waals surface area (Å²) in [5.74, 6) is 3.97. The summed E-state index contributed by atoms with van der Waals surface area (Å²) in [5.41, 5.74) is 18.3. The summed E-state index contributed by atoms with van der Waals surface area (Å²) in [4.78, 5) is 35.3. The number of carboxylic acid groups (broad SMARTS) is 2. The van der Waals surface area contributed by atoms with Gasteiger partial charge in [-0.25, -0.2) is 9.59 Å². The van der Waals surface area contributed by atoms with Crippen molar-refractivity contribution >= 4 is 52.0 Å². The van der Waals surface area contributed by atoms with Crippen molar-refractivity contribution in [2.24, 2.45) is 5.73 Å². The van der Waals surface area contributed by atoms with E-state index in [2.05, 4.69) is 62.6 Å². The van der Waals surface area contributed by atoms with Crippen molar-refractivity contribution in [2.45, 2.75) is 57.3 Å². The monoisotopic (exact) mass is 1060 g/mol. The molecule has 5 aromatic rings. The molecule has 5 heterocycles. The van der Waals surface area contributed by atoms with Crippen LogP contribution in [0.1, 0.15) is 75.5 Å². The van der Waals surface area contributed by atoms with Crippen molar-refractivity contribution < 1.29 is 52.5 Å². The number of alkyl halides is 3. The van der Waals surface area contributed by atoms with Crippen LogP contribution < -0.4 is 10.6 Å². The summed E-state index contributed by atoms with van der Waals surface area (Å²) >= 11 is 5.28. The number of isothiocyanates is 1. The van der Waals surface area contributed by atoms with Crippen molar-refractivity contribution in [1.29, 1.82) is 0 Å². The molecule has 5 N–H and O–H groups in total. The third kappa shape index (κ3) is 16.3. The van der Waals surface area contributed by atoms with Gasteiger partial charge in [-0.1, -0.05) is 123 Å². The number of aromatic nitrogens is 2. The molecule has 18 heteroatoms. The quantitative estimate of drug-likeness (QED) is 0.0318. The summed E-state index contributed by atoms with van der Waals surface area (Å²) in [5, 5.41) is 38.2. The van der Waals surface area contributed by atoms with Gasteiger partial charge in [-0.3, -0.25) is 9.97 Å². The number of thiocarbonyl (C=S) groups is 1. The van der Waals surface area contributed by atoms with E-state index in [1.165, 1.54) is 66.5 Å². The topological polar surface area (TPSA) is 204 Å². The minimum atomic E-state index is -4.58. The summed E-state index contributed by atoms with van der Waals surface area (Å²) in [7, 11) is 0. The molecule has 0 saturated heterocycles. The number of thiophene rings is 1. The van der Waals surface area contributed by atoms with Gasteiger partial charge in [0.25, 0.3) is 0 Å². The van der Waals surface area contributed by atoms with E-state index < -0.39 is 30.2 Å². The van der Waals surface area contributed by atoms with Crippen molar-refractivity contribution in [3.8, 4) is 23.2 Å². The predicted molar refractivity (Wildman–Crippen MR) is 266 cm³/mol. The van der Waals surface area contributed by atoms with Gasteiger partial charge in [0.05, 0.1) is 27.4 Å². The van der Waals surface area contributed by atoms with E-state index in [1.807, 2.05) is 78.2 Å². The van der Waals surface area contributed by atoms with Crippen LogP contribution in [-0.4, -0.2) is 56.0 Å². The number of hydrogen-bond donors (Lipinski definition) is 3. The normalized spacial score (nSPS) is 14.2. The maximum absolute atomic E-state index is 12.6. The van der Waals surface area contributed by atoms with E-state index in [-0.39, 0.29) is 59.9 Å². The van der Waals surface area contributed by atoms with Crippen LogP contribution in [0.15, 0.2) is 162 Å². The number of nitrogens with zero attached hydrogens (tertiary/aromatic N) is 6. The smallest absolute Gasteiger partial charge is 0.753 e. The molecule has 3 aromatic heterocycles. The first kappa shape index (κ1) is 54.6. The second-order valence-electron chi connectivity index (χ2n) is 14.8. The average molecular weight is 1060 g/mol. The largest absolute Gasteiger partial charge is 3.00 e. The van der Waals surface area contributed by atoms with Gasteiger partial charge in [-0.05, 0) is 78.4 Å². The molecule has 0 saturated carbocycles. The van der Waals surface area contributed by atoms with Crippen LogP contribution in [0.3, 0.4) is 0 Å². The van der Waals surface area contributed by atoms with Gasteiger partial charge in [-0.2, -0.15) is 35.9 Å². The van der Waals surface area contributed by atoms with Gasteiger partial charge < -0.3 is 42.6 Å². The maximum Gasteiger partial charge on any atom is 3.00 e. The molecule has 2 atom stereocenters. The number of pyridine rings is 2. The third-order valence-electron chi connectivity index (χ3n) is 10.0. The molecule has 0 amide bonds. The second-order valence-corrected chi connectivity index (χ2v) is 15.9. The Labute approximate surface area is 420 Å². The Balaban J connectivity index is 0.000000291. The fourth-order valence-corrected chi connectivity index (χ4v) is 7.46. The fraction of sp³-hybridized carbons (Fsp3) is 0.196. The molecule has 0 bridgehead atoms. The summed E-state index contributed by atoms with van der Waals surface area (Å²) in [6, 6.07) is 24.7. The van der Waals surface area contributed by atoms with Crippen LogP contribution in [0.2, 0.25) is 0 Å². The number of carbonyl (C=O) groups is 2. The number of anilines is 2. The second kappa shape index (κ2) is 27.1. The third-order valence-corrected chi connectivity index (χ3v) is 10.9. The Hall–Kier alpha value is -6.99. The zero-order valence-corrected chi connectivity index (χ0v) is 40.3. The summed E-state index contributed by atoms with van der Waals surface area (Å²) in [6.45, 7) is 2.46. The first-order chi connectivity index (χ1) is 32.7. The van der Waals surface area contributed by atoms with Gasteiger partial charge in [0.15, 0.2) is 0 Å². The number of para-hydroxylation sites is 2. The van der Waals surface area contributed by atoms with Crippen LogP contribution >= 0.6 is 23.6 Å². The molecule has 12 nitrogen and oxygen atoms in total. The SMILES string of the molecule is CCCCCCc1ccsc1C#CC1=CC[N-]C(/C([NH-])=C/C(N)C(F)(F)F)=C1.O=C(O)c1ccnc(-c2cc(C(=O)O)cc(C3C=C(N(c4ccccc4)c4ccccc4)C=C[N-]3)n2)c1.[N-]=C=S.[Ru+3]. The van der Waals surface area contributed by atoms with E-state index in [4.69, 9.17) is 16.9 Å². The van der Waals surface area contributed by atoms with Crippen LogP contribution in [0.4, 0.5) is 24.5 Å². The molecular weight excluding hydrogens is 1010 g/mol. The maximum atomic E-state index is 12.6. The van der Waals surface area contributed by atoms with Crippen molar-refractivity contribution in [1.82, 2.24) is 9.97 Å². The van der Waals surface area contributed by atoms with Crippen LogP contribution in [-0.2, 0) is 25.9 Å². The van der Waals surface area contributed by atoms with Gasteiger partial charge >= 0.3 is 37.6 Å². The fourth-order valence-electron chi connectivity index (χ4n) is 6.66. The Morgan fingerprint density at radius 3 is 2.26 bits per heavy atom. The number of aryl methyl sites for hydroxylation is 1. The minimum Gasteiger partial charge on any atom is -0.753 e. The minimum absolute atomic E-state index is 0. The zero-order chi connectivity index (χ0) is 49.1. The molecule has 1 radical (unpaired) electrons. The predicted octanol–water partition coefficient (Wildman–Crippen LogP) is 13.1. The van der Waals surface area contributed by atoms with Crippen LogP contribution in [0, 0.1) is 11.8 Å². The number of benzene rings is 2. The van der Waals surface area contributed by atoms with Gasteiger partial charge in [0.2, 0.25) is 0 Å². The number of allylic oxidation sites excluding steroid dienone is 3. The molecular formula is C51H45F3N8O4RuS2-.